The van der Waals surface area contributed by atoms with Gasteiger partial charge in [-0.1, -0.05) is 0 Å². The lowest BCUT2D eigenvalue weighted by Crippen LogP contribution is -2.38. The van der Waals surface area contributed by atoms with E-state index in [9.17, 15) is 13.9 Å². The van der Waals surface area contributed by atoms with Crippen LogP contribution in [0.15, 0.2) is 29.7 Å². The predicted octanol–water partition coefficient (Wildman–Crippen LogP) is 1.07. The van der Waals surface area contributed by atoms with Gasteiger partial charge in [0, 0.05) is 5.70 Å². The van der Waals surface area contributed by atoms with Crippen molar-refractivity contribution in [1.82, 2.24) is 15.9 Å². The van der Waals surface area contributed by atoms with Crippen molar-refractivity contribution >= 4 is 5.69 Å². The molecule has 5 nitrogen and oxygen atoms in total. The van der Waals surface area contributed by atoms with Gasteiger partial charge in [-0.2, -0.15) is 0 Å². The summed E-state index contributed by atoms with van der Waals surface area (Å²) in [5.74, 6) is 0. The van der Waals surface area contributed by atoms with E-state index in [0.717, 1.165) is 5.70 Å². The van der Waals surface area contributed by atoms with E-state index in [4.69, 9.17) is 0 Å². The molecule has 0 saturated carbocycles. The van der Waals surface area contributed by atoms with Gasteiger partial charge in [0.05, 0.1) is 24.2 Å². The summed E-state index contributed by atoms with van der Waals surface area (Å²) in [6.45, 7) is 1.63. The summed E-state index contributed by atoms with van der Waals surface area (Å²) < 4.78 is 24.7. The van der Waals surface area contributed by atoms with Gasteiger partial charge < -0.3 is 10.5 Å². The highest BCUT2D eigenvalue weighted by molar-refractivity contribution is 5.51. The molecule has 0 aliphatic carbocycles. The highest BCUT2D eigenvalue weighted by Crippen LogP contribution is 2.23. The summed E-state index contributed by atoms with van der Waals surface area (Å²) >= 11 is 0. The molecular formula is C10H12F2N4O. The second kappa shape index (κ2) is 4.64. The third-order valence-electron chi connectivity index (χ3n) is 2.46. The lowest BCUT2D eigenvalue weighted by atomic mass is 10.3. The normalized spacial score (nSPS) is 15.7. The maximum atomic E-state index is 12.3. The number of rotatable bonds is 3. The molecule has 0 saturated heterocycles. The fraction of sp³-hybridized carbons (Fsp3) is 0.300. The second-order valence-electron chi connectivity index (χ2n) is 3.54. The molecule has 0 unspecified atom stereocenters. The van der Waals surface area contributed by atoms with Gasteiger partial charge in [0.15, 0.2) is 0 Å². The Morgan fingerprint density at radius 3 is 2.76 bits per heavy atom. The van der Waals surface area contributed by atoms with Crippen molar-refractivity contribution in [2.45, 2.75) is 13.3 Å². The van der Waals surface area contributed by atoms with E-state index < -0.39 is 6.43 Å². The number of alkyl halides is 2. The summed E-state index contributed by atoms with van der Waals surface area (Å²) in [6.07, 6.45) is -1.26. The number of nitrogens with one attached hydrogen (secondary N) is 2. The number of halogens is 2. The maximum absolute atomic E-state index is 12.3. The quantitative estimate of drug-likeness (QED) is 0.740. The molecule has 0 radical (unpaired) electrons. The Balaban J connectivity index is 2.24. The number of hydrogen-bond acceptors (Lipinski definition) is 5. The van der Waals surface area contributed by atoms with E-state index in [0.29, 0.717) is 11.4 Å². The van der Waals surface area contributed by atoms with Crippen molar-refractivity contribution in [2.24, 2.45) is 0 Å². The van der Waals surface area contributed by atoms with Crippen LogP contribution in [0, 0.1) is 0 Å². The first-order valence-electron chi connectivity index (χ1n) is 5.00. The first kappa shape index (κ1) is 11.7. The third kappa shape index (κ3) is 2.20. The second-order valence-corrected chi connectivity index (χ2v) is 3.54. The van der Waals surface area contributed by atoms with Crippen molar-refractivity contribution in [3.63, 3.8) is 0 Å². The lowest BCUT2D eigenvalue weighted by molar-refractivity contribution is 0.146. The monoisotopic (exact) mass is 242 g/mol. The Bertz CT molecular complexity index is 432. The Kier molecular flexibility index (Phi) is 3.21. The van der Waals surface area contributed by atoms with Gasteiger partial charge in [-0.15, -0.1) is 5.53 Å². The Labute approximate surface area is 96.7 Å². The number of aliphatic hydroxyl groups excluding tert-OH is 1. The largest absolute Gasteiger partial charge is 0.390 e. The zero-order chi connectivity index (χ0) is 12.4. The SMILES string of the molecule is CC1=C(CO)N(c2ccc(C(F)F)nc2)NN1. The average Bonchev–Trinajstić information content (AvgIpc) is 2.70. The fourth-order valence-electron chi connectivity index (χ4n) is 1.52. The molecule has 0 amide bonds. The molecule has 2 rings (SSSR count). The molecule has 0 fully saturated rings. The molecule has 92 valence electrons. The van der Waals surface area contributed by atoms with Crippen molar-refractivity contribution in [3.8, 4) is 0 Å². The van der Waals surface area contributed by atoms with Crippen LogP contribution in [0.5, 0.6) is 0 Å². The molecule has 0 spiro atoms. The number of aromatic nitrogens is 1. The third-order valence-corrected chi connectivity index (χ3v) is 2.46. The summed E-state index contributed by atoms with van der Waals surface area (Å²) in [4.78, 5) is 3.65. The van der Waals surface area contributed by atoms with Crippen LogP contribution in [-0.4, -0.2) is 16.7 Å². The first-order valence-corrected chi connectivity index (χ1v) is 5.00. The maximum Gasteiger partial charge on any atom is 0.280 e. The minimum absolute atomic E-state index is 0.164. The molecule has 0 atom stereocenters. The summed E-state index contributed by atoms with van der Waals surface area (Å²) in [7, 11) is 0. The van der Waals surface area contributed by atoms with E-state index >= 15 is 0 Å². The number of pyridine rings is 1. The van der Waals surface area contributed by atoms with Crippen molar-refractivity contribution in [3.05, 3.63) is 35.4 Å². The molecule has 1 aromatic heterocycles. The molecule has 1 aliphatic heterocycles. The number of nitrogens with zero attached hydrogens (tertiary/aromatic N) is 2. The number of hydrogen-bond donors (Lipinski definition) is 3. The fourth-order valence-corrected chi connectivity index (χ4v) is 1.52. The molecule has 3 N–H and O–H groups in total. The van der Waals surface area contributed by atoms with Crippen LogP contribution in [-0.2, 0) is 0 Å². The standard InChI is InChI=1S/C10H12F2N4O/c1-6-9(5-17)16(15-14-6)7-2-3-8(10(11)12)13-4-7/h2-4,10,14-15,17H,5H2,1H3. The summed E-state index contributed by atoms with van der Waals surface area (Å²) in [5, 5.41) is 10.7. The van der Waals surface area contributed by atoms with Crippen LogP contribution in [0.4, 0.5) is 14.5 Å². The highest BCUT2D eigenvalue weighted by atomic mass is 19.3. The van der Waals surface area contributed by atoms with Gasteiger partial charge >= 0.3 is 0 Å². The topological polar surface area (TPSA) is 60.4 Å². The first-order chi connectivity index (χ1) is 8.13. The Morgan fingerprint density at radius 1 is 1.47 bits per heavy atom. The van der Waals surface area contributed by atoms with E-state index in [2.05, 4.69) is 15.9 Å². The molecule has 7 heteroatoms. The van der Waals surface area contributed by atoms with E-state index in [1.54, 1.807) is 11.9 Å². The number of anilines is 1. The Hall–Kier alpha value is -1.73. The van der Waals surface area contributed by atoms with Crippen LogP contribution in [0.1, 0.15) is 19.0 Å². The van der Waals surface area contributed by atoms with Gasteiger partial charge in [0.1, 0.15) is 5.69 Å². The molecule has 0 aromatic carbocycles. The molecular weight excluding hydrogens is 230 g/mol. The molecule has 2 heterocycles. The molecule has 17 heavy (non-hydrogen) atoms. The lowest BCUT2D eigenvalue weighted by Gasteiger charge is -2.19. The predicted molar refractivity (Wildman–Crippen MR) is 57.7 cm³/mol. The zero-order valence-corrected chi connectivity index (χ0v) is 9.11. The van der Waals surface area contributed by atoms with Crippen molar-refractivity contribution in [1.29, 1.82) is 0 Å². The van der Waals surface area contributed by atoms with Gasteiger partial charge in [-0.25, -0.2) is 8.78 Å². The van der Waals surface area contributed by atoms with Crippen LogP contribution in [0.3, 0.4) is 0 Å². The molecule has 0 bridgehead atoms. The van der Waals surface area contributed by atoms with Gasteiger partial charge in [-0.3, -0.25) is 9.99 Å². The number of aliphatic hydroxyl groups is 1. The Morgan fingerprint density at radius 2 is 2.24 bits per heavy atom. The van der Waals surface area contributed by atoms with Gasteiger partial charge in [0.2, 0.25) is 0 Å². The van der Waals surface area contributed by atoms with Gasteiger partial charge in [-0.05, 0) is 19.1 Å². The van der Waals surface area contributed by atoms with Crippen molar-refractivity contribution in [2.75, 3.05) is 11.6 Å². The molecule has 1 aromatic rings. The van der Waals surface area contributed by atoms with E-state index in [1.807, 2.05) is 0 Å². The van der Waals surface area contributed by atoms with Crippen LogP contribution in [0.25, 0.3) is 0 Å². The highest BCUT2D eigenvalue weighted by Gasteiger charge is 2.20. The number of allylic oxidation sites excluding steroid dienone is 1. The average molecular weight is 242 g/mol. The summed E-state index contributed by atoms with van der Waals surface area (Å²) in [5.41, 5.74) is 7.31. The number of hydrazine groups is 2. The zero-order valence-electron chi connectivity index (χ0n) is 9.11. The van der Waals surface area contributed by atoms with Crippen molar-refractivity contribution < 1.29 is 13.9 Å². The van der Waals surface area contributed by atoms with E-state index in [1.165, 1.54) is 18.3 Å². The van der Waals surface area contributed by atoms with Gasteiger partial charge in [0.25, 0.3) is 6.43 Å². The van der Waals surface area contributed by atoms with Crippen LogP contribution < -0.4 is 16.0 Å². The smallest absolute Gasteiger partial charge is 0.280 e. The van der Waals surface area contributed by atoms with E-state index in [-0.39, 0.29) is 12.3 Å². The minimum Gasteiger partial charge on any atom is -0.390 e. The minimum atomic E-state index is -2.58. The van der Waals surface area contributed by atoms with Crippen LogP contribution >= 0.6 is 0 Å². The van der Waals surface area contributed by atoms with Crippen LogP contribution in [0.2, 0.25) is 0 Å². The summed E-state index contributed by atoms with van der Waals surface area (Å²) in [6, 6.07) is 2.77. The molecule has 1 aliphatic rings.